The van der Waals surface area contributed by atoms with E-state index in [-0.39, 0.29) is 98.7 Å². The van der Waals surface area contributed by atoms with Crippen LogP contribution in [0.1, 0.15) is 225 Å². The predicted molar refractivity (Wildman–Crippen MR) is 351 cm³/mol. The average molecular weight is 1190 g/mol. The lowest BCUT2D eigenvalue weighted by atomic mass is 9.69. The number of hydrogen-bond acceptors (Lipinski definition) is 8. The Labute approximate surface area is 514 Å². The summed E-state index contributed by atoms with van der Waals surface area (Å²) < 4.78 is 0. The number of aliphatic hydroxyl groups is 4. The molecule has 0 aliphatic heterocycles. The van der Waals surface area contributed by atoms with Crippen molar-refractivity contribution < 1.29 is 60.0 Å². The van der Waals surface area contributed by atoms with E-state index >= 15 is 0 Å². The Bertz CT molecular complexity index is 2420. The van der Waals surface area contributed by atoms with Crippen LogP contribution in [0.15, 0.2) is 142 Å². The number of rotatable bonds is 12. The normalized spacial score (nSPS) is 23.1. The first kappa shape index (κ1) is 79.6. The van der Waals surface area contributed by atoms with Crippen molar-refractivity contribution in [2.24, 2.45) is 43.3 Å². The van der Waals surface area contributed by atoms with Crippen molar-refractivity contribution in [1.82, 2.24) is 0 Å². The zero-order valence-corrected chi connectivity index (χ0v) is 56.3. The molecule has 4 aliphatic carbocycles. The summed E-state index contributed by atoms with van der Waals surface area (Å²) in [5, 5.41) is 79.8. The molecule has 0 saturated carbocycles. The van der Waals surface area contributed by atoms with Crippen molar-refractivity contribution >= 4 is 23.9 Å². The van der Waals surface area contributed by atoms with Crippen LogP contribution in [0.25, 0.3) is 0 Å². The van der Waals surface area contributed by atoms with Gasteiger partial charge in [0.25, 0.3) is 0 Å². The molecule has 0 aromatic heterocycles. The Morgan fingerprint density at radius 1 is 0.318 bits per heavy atom. The fraction of sp³-hybridized carbons (Fsp3) is 0.616. The zero-order chi connectivity index (χ0) is 66.6. The molecule has 4 atom stereocenters. The van der Waals surface area contributed by atoms with Crippen LogP contribution in [0.2, 0.25) is 0 Å². The Hall–Kier alpha value is -5.40. The minimum Gasteiger partial charge on any atom is -0.478 e. The van der Waals surface area contributed by atoms with Crippen LogP contribution in [0, 0.1) is 43.3 Å². The van der Waals surface area contributed by atoms with Crippen molar-refractivity contribution in [3.8, 4) is 0 Å². The molecule has 0 bridgehead atoms. The van der Waals surface area contributed by atoms with E-state index in [1.165, 1.54) is 0 Å². The van der Waals surface area contributed by atoms with E-state index in [1.807, 2.05) is 24.3 Å². The molecule has 12 nitrogen and oxygen atoms in total. The van der Waals surface area contributed by atoms with Gasteiger partial charge in [-0.3, -0.25) is 0 Å². The predicted octanol–water partition coefficient (Wildman–Crippen LogP) is 17.0. The first-order chi connectivity index (χ1) is 37.0. The van der Waals surface area contributed by atoms with Crippen molar-refractivity contribution in [2.45, 2.75) is 247 Å². The third kappa shape index (κ3) is 25.5. The maximum Gasteiger partial charge on any atom is 0.331 e. The maximum atomic E-state index is 11.0. The first-order valence-electron chi connectivity index (χ1n) is 29.3. The van der Waals surface area contributed by atoms with E-state index in [0.717, 1.165) is 44.6 Å². The zero-order valence-electron chi connectivity index (χ0n) is 56.3. The van der Waals surface area contributed by atoms with Gasteiger partial charge in [0, 0.05) is 73.7 Å². The Kier molecular flexibility index (Phi) is 26.0. The minimum absolute atomic E-state index is 0. The lowest BCUT2D eigenvalue weighted by Crippen LogP contribution is -2.35. The molecule has 0 aromatic rings. The summed E-state index contributed by atoms with van der Waals surface area (Å²) in [6.07, 6.45) is 17.9. The summed E-state index contributed by atoms with van der Waals surface area (Å²) in [5.41, 5.74) is 3.50. The van der Waals surface area contributed by atoms with Gasteiger partial charge in [-0.15, -0.1) is 0 Å². The number of hydrogen-bond donors (Lipinski definition) is 8. The summed E-state index contributed by atoms with van der Waals surface area (Å²) in [7, 11) is 0. The first-order valence-corrected chi connectivity index (χ1v) is 29.3. The molecule has 4 aliphatic rings. The molecule has 0 fully saturated rings. The van der Waals surface area contributed by atoms with Crippen LogP contribution >= 0.6 is 0 Å². The monoisotopic (exact) mass is 1180 g/mol. The minimum atomic E-state index is -1.17. The lowest BCUT2D eigenvalue weighted by molar-refractivity contribution is -0.134. The van der Waals surface area contributed by atoms with Gasteiger partial charge in [-0.25, -0.2) is 19.2 Å². The highest BCUT2D eigenvalue weighted by molar-refractivity contribution is 5.87. The summed E-state index contributed by atoms with van der Waals surface area (Å²) in [5.74, 6) is -4.22. The number of carboxylic acid groups (broad SMARTS) is 4. The van der Waals surface area contributed by atoms with Crippen molar-refractivity contribution in [3.05, 3.63) is 142 Å². The molecular formula is C73H116O12. The molecule has 85 heavy (non-hydrogen) atoms. The van der Waals surface area contributed by atoms with Gasteiger partial charge in [0.2, 0.25) is 0 Å². The third-order valence-corrected chi connectivity index (χ3v) is 15.6. The van der Waals surface area contributed by atoms with E-state index < -0.39 is 46.3 Å². The van der Waals surface area contributed by atoms with Crippen molar-refractivity contribution in [2.75, 3.05) is 0 Å². The second kappa shape index (κ2) is 27.7. The highest BCUT2D eigenvalue weighted by Crippen LogP contribution is 2.48. The van der Waals surface area contributed by atoms with Crippen LogP contribution in [0.5, 0.6) is 0 Å². The largest absolute Gasteiger partial charge is 0.478 e. The molecule has 0 aromatic carbocycles. The number of allylic oxidation sites excluding steroid dienone is 8. The van der Waals surface area contributed by atoms with Gasteiger partial charge in [0.15, 0.2) is 0 Å². The molecule has 4 rings (SSSR count). The standard InChI is InChI=1S/4C18H28O3.CH4/c4*1-12(15(19)20)9-18(21)10-13(16(2,3)4)8-14(11-18)17(5,6)7;/h4*8,10,21H,1,9,11H2,2-7H3,(H,19,20);1H4. The van der Waals surface area contributed by atoms with Gasteiger partial charge in [0.1, 0.15) is 0 Å². The molecular weight excluding hydrogens is 1070 g/mol. The molecule has 0 heterocycles. The van der Waals surface area contributed by atoms with Gasteiger partial charge in [-0.2, -0.15) is 0 Å². The quantitative estimate of drug-likeness (QED) is 0.0854. The second-order valence-corrected chi connectivity index (χ2v) is 32.5. The van der Waals surface area contributed by atoms with E-state index in [2.05, 4.69) is 217 Å². The topological polar surface area (TPSA) is 230 Å². The maximum absolute atomic E-state index is 11.0. The highest BCUT2D eigenvalue weighted by atomic mass is 16.4. The summed E-state index contributed by atoms with van der Waals surface area (Å²) in [6, 6.07) is 0. The number of carbonyl (C=O) groups is 4. The van der Waals surface area contributed by atoms with Gasteiger partial charge >= 0.3 is 23.9 Å². The number of aliphatic carboxylic acids is 4. The number of carboxylic acids is 4. The van der Waals surface area contributed by atoms with Crippen LogP contribution in [-0.4, -0.2) is 87.1 Å². The Morgan fingerprint density at radius 2 is 0.447 bits per heavy atom. The summed E-state index contributed by atoms with van der Waals surface area (Å²) >= 11 is 0. The Morgan fingerprint density at radius 3 is 0.541 bits per heavy atom. The Balaban J connectivity index is 0.00000110. The van der Waals surface area contributed by atoms with E-state index in [0.29, 0.717) is 25.7 Å². The third-order valence-electron chi connectivity index (χ3n) is 15.6. The average Bonchev–Trinajstić information content (AvgIpc) is 2.69. The van der Waals surface area contributed by atoms with Gasteiger partial charge in [0.05, 0.1) is 22.4 Å². The van der Waals surface area contributed by atoms with Crippen LogP contribution in [0.3, 0.4) is 0 Å². The van der Waals surface area contributed by atoms with Gasteiger partial charge < -0.3 is 40.9 Å². The van der Waals surface area contributed by atoms with Crippen molar-refractivity contribution in [1.29, 1.82) is 0 Å². The van der Waals surface area contributed by atoms with Crippen LogP contribution in [0.4, 0.5) is 0 Å². The molecule has 0 radical (unpaired) electrons. The summed E-state index contributed by atoms with van der Waals surface area (Å²) in [6.45, 7) is 64.6. The van der Waals surface area contributed by atoms with Gasteiger partial charge in [-0.05, 0) is 89.9 Å². The molecule has 8 N–H and O–H groups in total. The highest BCUT2D eigenvalue weighted by Gasteiger charge is 2.41. The van der Waals surface area contributed by atoms with E-state index in [1.54, 1.807) is 0 Å². The summed E-state index contributed by atoms with van der Waals surface area (Å²) in [4.78, 5) is 44.1. The molecule has 12 heteroatoms. The molecule has 0 saturated heterocycles. The van der Waals surface area contributed by atoms with Gasteiger partial charge in [-0.1, -0.05) is 247 Å². The van der Waals surface area contributed by atoms with E-state index in [4.69, 9.17) is 20.4 Å². The smallest absolute Gasteiger partial charge is 0.331 e. The van der Waals surface area contributed by atoms with E-state index in [9.17, 15) is 39.6 Å². The van der Waals surface area contributed by atoms with Crippen molar-refractivity contribution in [3.63, 3.8) is 0 Å². The van der Waals surface area contributed by atoms with Crippen LogP contribution in [-0.2, 0) is 19.2 Å². The molecule has 480 valence electrons. The lowest BCUT2D eigenvalue weighted by Gasteiger charge is -2.38. The van der Waals surface area contributed by atoms with Crippen LogP contribution < -0.4 is 0 Å². The molecule has 0 spiro atoms. The SMILES string of the molecule is C.C=C(CC1(O)C=C(C(C)(C)C)C=C(C(C)(C)C)C1)C(=O)O.C=C(CC1(O)C=C(C(C)(C)C)C=C(C(C)(C)C)C1)C(=O)O.C=C(CC1(O)C=C(C(C)(C)C)C=C(C(C)(C)C)C1)C(=O)O.C=C(CC1(O)C=C(C(C)(C)C)C=C(C(C)(C)C)C1)C(=O)O. The fourth-order valence-corrected chi connectivity index (χ4v) is 9.70. The second-order valence-electron chi connectivity index (χ2n) is 32.5. The fourth-order valence-electron chi connectivity index (χ4n) is 9.70. The molecule has 0 amide bonds. The molecule has 4 unspecified atom stereocenters.